The highest BCUT2D eigenvalue weighted by molar-refractivity contribution is 7.92. The van der Waals surface area contributed by atoms with E-state index in [0.717, 1.165) is 5.56 Å². The molecular formula is C23H18N4O3S. The van der Waals surface area contributed by atoms with Gasteiger partial charge in [0.15, 0.2) is 0 Å². The van der Waals surface area contributed by atoms with Gasteiger partial charge in [0.25, 0.3) is 15.6 Å². The number of sulfonamides is 1. The van der Waals surface area contributed by atoms with E-state index in [-0.39, 0.29) is 28.3 Å². The van der Waals surface area contributed by atoms with Crippen LogP contribution in [0.4, 0.5) is 5.69 Å². The van der Waals surface area contributed by atoms with Crippen molar-refractivity contribution in [3.63, 3.8) is 0 Å². The molecule has 0 spiro atoms. The lowest BCUT2D eigenvalue weighted by Crippen LogP contribution is -2.24. The third kappa shape index (κ3) is 4.04. The Labute approximate surface area is 179 Å². The van der Waals surface area contributed by atoms with Gasteiger partial charge in [0.05, 0.1) is 27.7 Å². The molecule has 0 aliphatic rings. The molecule has 0 saturated heterocycles. The molecule has 0 fully saturated rings. The Hall–Kier alpha value is -3.96. The molecule has 0 unspecified atom stereocenters. The molecule has 4 rings (SSSR count). The molecule has 0 radical (unpaired) electrons. The number of fused-ring (bicyclic) bond motifs is 1. The van der Waals surface area contributed by atoms with Crippen LogP contribution < -0.4 is 10.3 Å². The number of hydrogen-bond acceptors (Lipinski definition) is 5. The number of nitrogens with zero attached hydrogens (tertiary/aromatic N) is 3. The number of para-hydroxylation sites is 1. The van der Waals surface area contributed by atoms with E-state index in [9.17, 15) is 13.2 Å². The number of nitrogens with one attached hydrogen (secondary N) is 1. The van der Waals surface area contributed by atoms with Crippen molar-refractivity contribution < 1.29 is 8.42 Å². The quantitative estimate of drug-likeness (QED) is 0.524. The number of aryl methyl sites for hydroxylation is 1. The Morgan fingerprint density at radius 1 is 1.00 bits per heavy atom. The molecule has 154 valence electrons. The van der Waals surface area contributed by atoms with Gasteiger partial charge in [-0.05, 0) is 42.0 Å². The van der Waals surface area contributed by atoms with Gasteiger partial charge in [0.2, 0.25) is 0 Å². The lowest BCUT2D eigenvalue weighted by Gasteiger charge is -2.13. The fourth-order valence-electron chi connectivity index (χ4n) is 3.30. The maximum atomic E-state index is 12.8. The van der Waals surface area contributed by atoms with Crippen molar-refractivity contribution in [2.75, 3.05) is 4.72 Å². The minimum absolute atomic E-state index is 0.134. The zero-order chi connectivity index (χ0) is 22.0. The van der Waals surface area contributed by atoms with Gasteiger partial charge in [-0.15, -0.1) is 0 Å². The number of anilines is 1. The average molecular weight is 430 g/mol. The summed E-state index contributed by atoms with van der Waals surface area (Å²) >= 11 is 0. The Kier molecular flexibility index (Phi) is 5.28. The molecule has 1 aromatic heterocycles. The van der Waals surface area contributed by atoms with Crippen molar-refractivity contribution in [1.82, 2.24) is 9.55 Å². The predicted molar refractivity (Wildman–Crippen MR) is 118 cm³/mol. The molecule has 0 aliphatic heterocycles. The Morgan fingerprint density at radius 3 is 2.39 bits per heavy atom. The molecular weight excluding hydrogens is 412 g/mol. The first kappa shape index (κ1) is 20.3. The fraction of sp³-hybridized carbons (Fsp3) is 0.0870. The molecule has 1 N–H and O–H groups in total. The highest BCUT2D eigenvalue weighted by Crippen LogP contribution is 2.24. The summed E-state index contributed by atoms with van der Waals surface area (Å²) in [4.78, 5) is 17.5. The number of hydrogen-bond donors (Lipinski definition) is 1. The minimum atomic E-state index is -3.82. The molecule has 7 nitrogen and oxygen atoms in total. The van der Waals surface area contributed by atoms with E-state index in [1.807, 2.05) is 0 Å². The summed E-state index contributed by atoms with van der Waals surface area (Å²) in [5, 5.41) is 8.95. The van der Waals surface area contributed by atoms with E-state index in [1.54, 1.807) is 67.7 Å². The molecule has 0 aliphatic carbocycles. The van der Waals surface area contributed by atoms with Gasteiger partial charge in [-0.3, -0.25) is 9.52 Å². The highest BCUT2D eigenvalue weighted by Gasteiger charge is 2.18. The second-order valence-electron chi connectivity index (χ2n) is 7.00. The summed E-state index contributed by atoms with van der Waals surface area (Å²) in [6.07, 6.45) is 0.258. The van der Waals surface area contributed by atoms with E-state index in [2.05, 4.69) is 15.8 Å². The van der Waals surface area contributed by atoms with Gasteiger partial charge in [-0.1, -0.05) is 36.4 Å². The molecule has 0 bridgehead atoms. The van der Waals surface area contributed by atoms with E-state index in [4.69, 9.17) is 5.26 Å². The van der Waals surface area contributed by atoms with Crippen molar-refractivity contribution >= 4 is 26.7 Å². The molecule has 0 saturated carbocycles. The first-order valence-corrected chi connectivity index (χ1v) is 10.9. The summed E-state index contributed by atoms with van der Waals surface area (Å²) in [6.45, 7) is 0. The van der Waals surface area contributed by atoms with Crippen molar-refractivity contribution in [1.29, 1.82) is 5.26 Å². The first-order chi connectivity index (χ1) is 14.9. The van der Waals surface area contributed by atoms with Crippen molar-refractivity contribution in [3.8, 4) is 6.07 Å². The predicted octanol–water partition coefficient (Wildman–Crippen LogP) is 3.20. The number of benzene rings is 3. The van der Waals surface area contributed by atoms with Gasteiger partial charge < -0.3 is 4.57 Å². The maximum Gasteiger partial charge on any atom is 0.272 e. The van der Waals surface area contributed by atoms with Crippen LogP contribution >= 0.6 is 0 Å². The van der Waals surface area contributed by atoms with Crippen LogP contribution in [0.5, 0.6) is 0 Å². The molecule has 31 heavy (non-hydrogen) atoms. The summed E-state index contributed by atoms with van der Waals surface area (Å²) in [5.41, 5.74) is 2.56. The average Bonchev–Trinajstić information content (AvgIpc) is 2.79. The van der Waals surface area contributed by atoms with Crippen LogP contribution in [0.1, 0.15) is 16.8 Å². The topological polar surface area (TPSA) is 105 Å². The second-order valence-corrected chi connectivity index (χ2v) is 8.68. The van der Waals surface area contributed by atoms with Gasteiger partial charge in [-0.2, -0.15) is 5.26 Å². The summed E-state index contributed by atoms with van der Waals surface area (Å²) in [6, 6.07) is 22.0. The third-order valence-corrected chi connectivity index (χ3v) is 6.31. The smallest absolute Gasteiger partial charge is 0.272 e. The third-order valence-electron chi connectivity index (χ3n) is 4.93. The molecule has 0 amide bonds. The summed E-state index contributed by atoms with van der Waals surface area (Å²) in [5.74, 6) is 0. The van der Waals surface area contributed by atoms with Crippen LogP contribution in [-0.4, -0.2) is 18.0 Å². The van der Waals surface area contributed by atoms with E-state index < -0.39 is 10.0 Å². The zero-order valence-electron chi connectivity index (χ0n) is 16.6. The number of aromatic nitrogens is 2. The molecule has 1 heterocycles. The van der Waals surface area contributed by atoms with Gasteiger partial charge in [0, 0.05) is 13.5 Å². The van der Waals surface area contributed by atoms with E-state index in [0.29, 0.717) is 16.6 Å². The first-order valence-electron chi connectivity index (χ1n) is 9.44. The van der Waals surface area contributed by atoms with Crippen molar-refractivity contribution in [2.45, 2.75) is 11.3 Å². The molecule has 4 aromatic rings. The Bertz CT molecular complexity index is 1470. The second kappa shape index (κ2) is 8.05. The SMILES string of the molecule is Cn1c(=O)c(Cc2ccc(C#N)cc2)nc2c(NS(=O)(=O)c3ccccc3)cccc21. The largest absolute Gasteiger partial charge is 0.308 e. The normalized spacial score (nSPS) is 11.2. The van der Waals surface area contributed by atoms with Gasteiger partial charge in [-0.25, -0.2) is 13.4 Å². The maximum absolute atomic E-state index is 12.8. The van der Waals surface area contributed by atoms with E-state index in [1.165, 1.54) is 16.7 Å². The van der Waals surface area contributed by atoms with E-state index >= 15 is 0 Å². The lowest BCUT2D eigenvalue weighted by atomic mass is 10.1. The summed E-state index contributed by atoms with van der Waals surface area (Å²) in [7, 11) is -2.19. The van der Waals surface area contributed by atoms with Gasteiger partial charge in [0.1, 0.15) is 11.2 Å². The molecule has 0 atom stereocenters. The molecule has 8 heteroatoms. The zero-order valence-corrected chi connectivity index (χ0v) is 17.4. The van der Waals surface area contributed by atoms with Crippen LogP contribution in [0.15, 0.2) is 82.5 Å². The van der Waals surface area contributed by atoms with Crippen LogP contribution in [0.2, 0.25) is 0 Å². The fourth-order valence-corrected chi connectivity index (χ4v) is 4.38. The summed E-state index contributed by atoms with van der Waals surface area (Å²) < 4.78 is 29.6. The van der Waals surface area contributed by atoms with Crippen LogP contribution in [0.25, 0.3) is 11.0 Å². The Balaban J connectivity index is 1.79. The monoisotopic (exact) mass is 430 g/mol. The van der Waals surface area contributed by atoms with Crippen molar-refractivity contribution in [3.05, 3.63) is 100.0 Å². The van der Waals surface area contributed by atoms with Crippen LogP contribution in [0.3, 0.4) is 0 Å². The van der Waals surface area contributed by atoms with Crippen LogP contribution in [0, 0.1) is 11.3 Å². The number of nitriles is 1. The standard InChI is InChI=1S/C23H18N4O3S/c1-27-21-9-5-8-19(26-31(29,30)18-6-3-2-4-7-18)22(21)25-20(23(27)28)14-16-10-12-17(15-24)13-11-16/h2-13,26H,14H2,1H3. The van der Waals surface area contributed by atoms with Crippen molar-refractivity contribution in [2.24, 2.45) is 7.05 Å². The lowest BCUT2D eigenvalue weighted by molar-refractivity contribution is 0.601. The minimum Gasteiger partial charge on any atom is -0.308 e. The molecule has 3 aromatic carbocycles. The Morgan fingerprint density at radius 2 is 1.71 bits per heavy atom. The highest BCUT2D eigenvalue weighted by atomic mass is 32.2. The van der Waals surface area contributed by atoms with Gasteiger partial charge >= 0.3 is 0 Å². The number of rotatable bonds is 5. The van der Waals surface area contributed by atoms with Crippen LogP contribution in [-0.2, 0) is 23.5 Å².